The molecule has 0 bridgehead atoms. The van der Waals surface area contributed by atoms with Crippen LogP contribution < -0.4 is 5.32 Å². The van der Waals surface area contributed by atoms with Crippen molar-refractivity contribution < 1.29 is 9.90 Å². The van der Waals surface area contributed by atoms with Crippen molar-refractivity contribution in [1.29, 1.82) is 0 Å². The van der Waals surface area contributed by atoms with Crippen LogP contribution in [0.3, 0.4) is 0 Å². The van der Waals surface area contributed by atoms with E-state index in [1.54, 1.807) is 12.1 Å². The van der Waals surface area contributed by atoms with E-state index < -0.39 is 5.97 Å². The first kappa shape index (κ1) is 25.4. The molecule has 0 unspecified atom stereocenters. The standard InChI is InChI=1S/C14H12O2.C13H11NS.Pb.2H/c15-14(16)13-9-5-4-8-12(13)10-11-6-2-1-3-7-11;15-13(11-7-3-1-4-8-11)14-12-9-5-2-6-10-12;;;/h1-9H,10H2,(H,15,16);1-10H,(H,14,15);;;. The Morgan fingerprint density at radius 2 is 1.22 bits per heavy atom. The predicted octanol–water partition coefficient (Wildman–Crippen LogP) is 5.53. The van der Waals surface area contributed by atoms with Crippen molar-refractivity contribution in [1.82, 2.24) is 0 Å². The van der Waals surface area contributed by atoms with Crippen LogP contribution in [0.5, 0.6) is 0 Å². The maximum atomic E-state index is 11.0. The molecule has 4 aromatic rings. The van der Waals surface area contributed by atoms with Gasteiger partial charge in [-0.05, 0) is 35.7 Å². The van der Waals surface area contributed by atoms with Crippen LogP contribution in [0.1, 0.15) is 27.0 Å². The third-order valence-corrected chi connectivity index (χ3v) is 4.89. The Bertz CT molecular complexity index is 1120. The molecule has 0 aromatic heterocycles. The number of thiocarbonyl (C=S) groups is 1. The molecule has 3 nitrogen and oxygen atoms in total. The Morgan fingerprint density at radius 1 is 0.719 bits per heavy atom. The quantitative estimate of drug-likeness (QED) is 0.224. The van der Waals surface area contributed by atoms with E-state index in [9.17, 15) is 4.79 Å². The van der Waals surface area contributed by atoms with Crippen LogP contribution in [0, 0.1) is 0 Å². The normalized spacial score (nSPS) is 9.50. The van der Waals surface area contributed by atoms with Crippen LogP contribution >= 0.6 is 12.2 Å². The summed E-state index contributed by atoms with van der Waals surface area (Å²) in [6.07, 6.45) is 0.656. The summed E-state index contributed by atoms with van der Waals surface area (Å²) >= 11 is 5.29. The number of carboxylic acid groups (broad SMARTS) is 1. The van der Waals surface area contributed by atoms with Crippen LogP contribution in [0.2, 0.25) is 0 Å². The molecule has 2 radical (unpaired) electrons. The average Bonchev–Trinajstić information content (AvgIpc) is 2.82. The van der Waals surface area contributed by atoms with Gasteiger partial charge in [-0.1, -0.05) is 109 Å². The van der Waals surface area contributed by atoms with Gasteiger partial charge in [0.05, 0.1) is 5.56 Å². The molecule has 0 aliphatic rings. The van der Waals surface area contributed by atoms with Gasteiger partial charge in [-0.25, -0.2) is 4.79 Å². The summed E-state index contributed by atoms with van der Waals surface area (Å²) < 4.78 is 0. The molecule has 4 aromatic carbocycles. The fourth-order valence-corrected chi connectivity index (χ4v) is 3.27. The van der Waals surface area contributed by atoms with Crippen molar-refractivity contribution in [3.8, 4) is 0 Å². The molecule has 32 heavy (non-hydrogen) atoms. The zero-order chi connectivity index (χ0) is 21.9. The number of para-hydroxylation sites is 1. The van der Waals surface area contributed by atoms with Gasteiger partial charge in [0.15, 0.2) is 0 Å². The van der Waals surface area contributed by atoms with Crippen molar-refractivity contribution in [2.24, 2.45) is 0 Å². The molecule has 160 valence electrons. The fourth-order valence-electron chi connectivity index (χ4n) is 3.01. The number of rotatable bonds is 5. The van der Waals surface area contributed by atoms with Crippen LogP contribution in [-0.2, 0) is 6.42 Å². The number of carbonyl (C=O) groups is 1. The van der Waals surface area contributed by atoms with E-state index in [0.29, 0.717) is 12.0 Å². The topological polar surface area (TPSA) is 49.3 Å². The van der Waals surface area contributed by atoms with Crippen LogP contribution in [0.15, 0.2) is 115 Å². The Labute approximate surface area is 214 Å². The van der Waals surface area contributed by atoms with Gasteiger partial charge in [0.1, 0.15) is 4.99 Å². The van der Waals surface area contributed by atoms with Crippen molar-refractivity contribution in [3.63, 3.8) is 0 Å². The fraction of sp³-hybridized carbons (Fsp3) is 0.0370. The molecule has 0 aliphatic heterocycles. The summed E-state index contributed by atoms with van der Waals surface area (Å²) in [7, 11) is 0. The molecule has 4 rings (SSSR count). The summed E-state index contributed by atoms with van der Waals surface area (Å²) in [5.74, 6) is -0.869. The number of hydrogen-bond acceptors (Lipinski definition) is 2. The molecule has 0 saturated heterocycles. The number of hydrogen-bond donors (Lipinski definition) is 2. The van der Waals surface area contributed by atoms with Gasteiger partial charge in [-0.15, -0.1) is 0 Å². The van der Waals surface area contributed by atoms with E-state index in [1.807, 2.05) is 103 Å². The van der Waals surface area contributed by atoms with Gasteiger partial charge >= 0.3 is 33.3 Å². The second kappa shape index (κ2) is 13.5. The number of benzene rings is 4. The predicted molar refractivity (Wildman–Crippen MR) is 139 cm³/mol. The van der Waals surface area contributed by atoms with E-state index in [-0.39, 0.29) is 27.3 Å². The maximum absolute atomic E-state index is 11.0. The molecule has 0 atom stereocenters. The molecule has 0 spiro atoms. The number of aromatic carboxylic acids is 1. The van der Waals surface area contributed by atoms with Gasteiger partial charge in [0, 0.05) is 11.3 Å². The second-order valence-electron chi connectivity index (χ2n) is 6.81. The third kappa shape index (κ3) is 8.01. The van der Waals surface area contributed by atoms with Crippen LogP contribution in [0.4, 0.5) is 5.69 Å². The zero-order valence-electron chi connectivity index (χ0n) is 17.6. The average molecular weight is 635 g/mol. The van der Waals surface area contributed by atoms with Gasteiger partial charge in [0.2, 0.25) is 0 Å². The molecule has 0 fully saturated rings. The molecular formula is C27H25NO2PbS. The van der Waals surface area contributed by atoms with E-state index in [1.165, 1.54) is 0 Å². The van der Waals surface area contributed by atoms with Crippen molar-refractivity contribution >= 4 is 56.2 Å². The second-order valence-corrected chi connectivity index (χ2v) is 7.22. The first-order valence-corrected chi connectivity index (χ1v) is 10.3. The van der Waals surface area contributed by atoms with Crippen LogP contribution in [-0.4, -0.2) is 43.4 Å². The summed E-state index contributed by atoms with van der Waals surface area (Å²) in [6, 6.07) is 36.8. The van der Waals surface area contributed by atoms with Gasteiger partial charge in [0.25, 0.3) is 0 Å². The summed E-state index contributed by atoms with van der Waals surface area (Å²) in [6.45, 7) is 0. The summed E-state index contributed by atoms with van der Waals surface area (Å²) in [5, 5.41) is 12.2. The Morgan fingerprint density at radius 3 is 1.81 bits per heavy atom. The molecule has 2 N–H and O–H groups in total. The summed E-state index contributed by atoms with van der Waals surface area (Å²) in [4.78, 5) is 11.8. The first-order valence-electron chi connectivity index (χ1n) is 9.90. The SMILES string of the molecule is O=C(O)c1ccccc1Cc1ccccc1.S=C(Nc1ccccc1)c1ccccc1.[PbH2]. The molecule has 0 aliphatic carbocycles. The molecule has 0 saturated carbocycles. The molecular weight excluding hydrogens is 610 g/mol. The van der Waals surface area contributed by atoms with Crippen LogP contribution in [0.25, 0.3) is 0 Å². The van der Waals surface area contributed by atoms with Gasteiger partial charge in [-0.3, -0.25) is 0 Å². The third-order valence-electron chi connectivity index (χ3n) is 4.55. The number of nitrogens with one attached hydrogen (secondary N) is 1. The first-order chi connectivity index (χ1) is 15.1. The molecule has 0 heterocycles. The molecule has 0 amide bonds. The van der Waals surface area contributed by atoms with Crippen molar-refractivity contribution in [3.05, 3.63) is 138 Å². The van der Waals surface area contributed by atoms with E-state index in [2.05, 4.69) is 5.32 Å². The van der Waals surface area contributed by atoms with Gasteiger partial charge < -0.3 is 10.4 Å². The number of anilines is 1. The minimum atomic E-state index is -0.869. The minimum absolute atomic E-state index is 0. The van der Waals surface area contributed by atoms with Crippen molar-refractivity contribution in [2.75, 3.05) is 5.32 Å². The zero-order valence-corrected chi connectivity index (χ0v) is 24.0. The van der Waals surface area contributed by atoms with E-state index in [4.69, 9.17) is 17.3 Å². The monoisotopic (exact) mass is 635 g/mol. The van der Waals surface area contributed by atoms with Crippen molar-refractivity contribution in [2.45, 2.75) is 6.42 Å². The molecule has 5 heteroatoms. The number of carboxylic acids is 1. The summed E-state index contributed by atoms with van der Waals surface area (Å²) in [5.41, 5.74) is 4.41. The van der Waals surface area contributed by atoms with Gasteiger partial charge in [-0.2, -0.15) is 0 Å². The van der Waals surface area contributed by atoms with E-state index in [0.717, 1.165) is 27.4 Å². The Kier molecular flexibility index (Phi) is 10.8. The Hall–Kier alpha value is -2.84. The van der Waals surface area contributed by atoms with E-state index >= 15 is 0 Å². The Balaban J connectivity index is 0.000000220.